The topological polar surface area (TPSA) is 58.1 Å². The first-order chi connectivity index (χ1) is 10.1. The van der Waals surface area contributed by atoms with Gasteiger partial charge in [-0.25, -0.2) is 0 Å². The highest BCUT2D eigenvalue weighted by atomic mass is 32.2. The molecule has 0 aliphatic heterocycles. The number of benzene rings is 1. The Kier molecular flexibility index (Phi) is 5.72. The van der Waals surface area contributed by atoms with Crippen LogP contribution in [0, 0.1) is 0 Å². The average Bonchev–Trinajstić information content (AvgIpc) is 2.99. The summed E-state index contributed by atoms with van der Waals surface area (Å²) in [6.45, 7) is 2.61. The van der Waals surface area contributed by atoms with Crippen molar-refractivity contribution < 1.29 is 4.79 Å². The molecule has 21 heavy (non-hydrogen) atoms. The van der Waals surface area contributed by atoms with Gasteiger partial charge in [-0.3, -0.25) is 15.0 Å². The van der Waals surface area contributed by atoms with Crippen LogP contribution in [0.3, 0.4) is 0 Å². The Morgan fingerprint density at radius 3 is 3.00 bits per heavy atom. The molecule has 2 aromatic rings. The summed E-state index contributed by atoms with van der Waals surface area (Å²) >= 11 is 3.03. The van der Waals surface area contributed by atoms with Crippen LogP contribution < -0.4 is 5.32 Å². The molecule has 0 aliphatic carbocycles. The minimum atomic E-state index is -0.244. The van der Waals surface area contributed by atoms with E-state index in [1.165, 1.54) is 21.8 Å². The second-order valence-corrected chi connectivity index (χ2v) is 6.39. The maximum absolute atomic E-state index is 12.1. The first-order valence-corrected chi connectivity index (χ1v) is 8.61. The standard InChI is InChI=1S/C14H18N4OS2/c1-10(13(19)16-14-17-15-9-21-14)18(2)8-11-5-4-6-12(7-11)20-3/h4-7,9-10H,8H2,1-3H3,(H,16,17,19)/t10-/m1/s1. The Labute approximate surface area is 132 Å². The summed E-state index contributed by atoms with van der Waals surface area (Å²) in [6.07, 6.45) is 2.06. The second kappa shape index (κ2) is 7.53. The normalized spacial score (nSPS) is 12.4. The molecule has 1 amide bonds. The van der Waals surface area contributed by atoms with E-state index < -0.39 is 0 Å². The quantitative estimate of drug-likeness (QED) is 0.829. The summed E-state index contributed by atoms with van der Waals surface area (Å²) in [5.74, 6) is -0.0738. The lowest BCUT2D eigenvalue weighted by Gasteiger charge is -2.23. The van der Waals surface area contributed by atoms with E-state index in [2.05, 4.69) is 40.0 Å². The van der Waals surface area contributed by atoms with E-state index in [0.717, 1.165) is 6.54 Å². The Morgan fingerprint density at radius 1 is 1.52 bits per heavy atom. The van der Waals surface area contributed by atoms with Gasteiger partial charge in [0.15, 0.2) is 0 Å². The number of amides is 1. The Balaban J connectivity index is 1.95. The van der Waals surface area contributed by atoms with Crippen LogP contribution in [-0.4, -0.2) is 40.3 Å². The van der Waals surface area contributed by atoms with Gasteiger partial charge in [-0.05, 0) is 37.9 Å². The lowest BCUT2D eigenvalue weighted by Crippen LogP contribution is -2.39. The van der Waals surface area contributed by atoms with Crippen molar-refractivity contribution in [2.45, 2.75) is 24.4 Å². The summed E-state index contributed by atoms with van der Waals surface area (Å²) in [6, 6.07) is 8.11. The molecule has 2 rings (SSSR count). The van der Waals surface area contributed by atoms with Crippen LogP contribution >= 0.6 is 23.1 Å². The number of nitrogens with one attached hydrogen (secondary N) is 1. The molecule has 1 N–H and O–H groups in total. The van der Waals surface area contributed by atoms with Crippen molar-refractivity contribution in [1.29, 1.82) is 0 Å². The van der Waals surface area contributed by atoms with E-state index in [1.54, 1.807) is 17.3 Å². The molecule has 0 saturated carbocycles. The predicted octanol–water partition coefficient (Wildman–Crippen LogP) is 2.72. The molecular weight excluding hydrogens is 304 g/mol. The average molecular weight is 322 g/mol. The molecule has 7 heteroatoms. The van der Waals surface area contributed by atoms with Crippen molar-refractivity contribution in [3.8, 4) is 0 Å². The number of carbonyl (C=O) groups is 1. The maximum Gasteiger partial charge on any atom is 0.243 e. The largest absolute Gasteiger partial charge is 0.299 e. The third-order valence-corrected chi connectivity index (χ3v) is 4.53. The number of likely N-dealkylation sites (N-methyl/N-ethyl adjacent to an activating group) is 1. The van der Waals surface area contributed by atoms with Crippen LogP contribution in [0.25, 0.3) is 0 Å². The highest BCUT2D eigenvalue weighted by molar-refractivity contribution is 7.98. The Morgan fingerprint density at radius 2 is 2.33 bits per heavy atom. The van der Waals surface area contributed by atoms with Crippen LogP contribution in [0.2, 0.25) is 0 Å². The fourth-order valence-corrected chi connectivity index (χ4v) is 2.77. The first kappa shape index (κ1) is 15.9. The molecule has 0 radical (unpaired) electrons. The van der Waals surface area contributed by atoms with Gasteiger partial charge in [-0.1, -0.05) is 23.5 Å². The van der Waals surface area contributed by atoms with Gasteiger partial charge in [-0.15, -0.1) is 22.0 Å². The van der Waals surface area contributed by atoms with Crippen LogP contribution in [0.15, 0.2) is 34.7 Å². The predicted molar refractivity (Wildman–Crippen MR) is 87.7 cm³/mol. The summed E-state index contributed by atoms with van der Waals surface area (Å²) in [5, 5.41) is 10.8. The molecule has 0 unspecified atom stereocenters. The van der Waals surface area contributed by atoms with Crippen molar-refractivity contribution in [3.05, 3.63) is 35.3 Å². The molecule has 0 fully saturated rings. The van der Waals surface area contributed by atoms with E-state index in [0.29, 0.717) is 5.13 Å². The highest BCUT2D eigenvalue weighted by Gasteiger charge is 2.19. The van der Waals surface area contributed by atoms with Gasteiger partial charge in [0.2, 0.25) is 11.0 Å². The smallest absolute Gasteiger partial charge is 0.243 e. The molecule has 1 heterocycles. The summed E-state index contributed by atoms with van der Waals surface area (Å²) in [4.78, 5) is 15.4. The van der Waals surface area contributed by atoms with Crippen molar-refractivity contribution >= 4 is 34.1 Å². The Bertz CT molecular complexity index is 588. The minimum Gasteiger partial charge on any atom is -0.299 e. The van der Waals surface area contributed by atoms with E-state index in [4.69, 9.17) is 0 Å². The van der Waals surface area contributed by atoms with Gasteiger partial charge in [0.05, 0.1) is 6.04 Å². The van der Waals surface area contributed by atoms with E-state index >= 15 is 0 Å². The van der Waals surface area contributed by atoms with E-state index in [-0.39, 0.29) is 11.9 Å². The lowest BCUT2D eigenvalue weighted by molar-refractivity contribution is -0.120. The minimum absolute atomic E-state index is 0.0738. The summed E-state index contributed by atoms with van der Waals surface area (Å²) < 4.78 is 0. The lowest BCUT2D eigenvalue weighted by atomic mass is 10.2. The number of nitrogens with zero attached hydrogens (tertiary/aromatic N) is 3. The third-order valence-electron chi connectivity index (χ3n) is 3.20. The molecule has 0 spiro atoms. The van der Waals surface area contributed by atoms with Crippen LogP contribution in [-0.2, 0) is 11.3 Å². The molecule has 1 aromatic heterocycles. The number of aromatic nitrogens is 2. The molecule has 1 atom stereocenters. The van der Waals surface area contributed by atoms with Crippen molar-refractivity contribution in [3.63, 3.8) is 0 Å². The van der Waals surface area contributed by atoms with Crippen molar-refractivity contribution in [2.24, 2.45) is 0 Å². The van der Waals surface area contributed by atoms with Gasteiger partial charge in [0.1, 0.15) is 5.51 Å². The number of anilines is 1. The molecule has 5 nitrogen and oxygen atoms in total. The number of thioether (sulfide) groups is 1. The molecule has 0 saturated heterocycles. The maximum atomic E-state index is 12.1. The molecule has 0 bridgehead atoms. The number of hydrogen-bond acceptors (Lipinski definition) is 6. The highest BCUT2D eigenvalue weighted by Crippen LogP contribution is 2.17. The zero-order valence-electron chi connectivity index (χ0n) is 12.2. The van der Waals surface area contributed by atoms with Crippen molar-refractivity contribution in [1.82, 2.24) is 15.1 Å². The fraction of sp³-hybridized carbons (Fsp3) is 0.357. The van der Waals surface area contributed by atoms with Crippen LogP contribution in [0.5, 0.6) is 0 Å². The van der Waals surface area contributed by atoms with Gasteiger partial charge in [-0.2, -0.15) is 0 Å². The SMILES string of the molecule is CSc1cccc(CN(C)[C@H](C)C(=O)Nc2nncs2)c1. The van der Waals surface area contributed by atoms with Gasteiger partial charge in [0.25, 0.3) is 0 Å². The zero-order valence-corrected chi connectivity index (χ0v) is 13.9. The van der Waals surface area contributed by atoms with E-state index in [1.807, 2.05) is 24.9 Å². The van der Waals surface area contributed by atoms with Gasteiger partial charge in [0, 0.05) is 11.4 Å². The number of hydrogen-bond donors (Lipinski definition) is 1. The monoisotopic (exact) mass is 322 g/mol. The summed E-state index contributed by atoms with van der Waals surface area (Å²) in [7, 11) is 1.94. The van der Waals surface area contributed by atoms with E-state index in [9.17, 15) is 4.79 Å². The van der Waals surface area contributed by atoms with Crippen LogP contribution in [0.4, 0.5) is 5.13 Å². The second-order valence-electron chi connectivity index (χ2n) is 4.68. The molecule has 0 aliphatic rings. The third kappa shape index (κ3) is 4.52. The molecule has 1 aromatic carbocycles. The fourth-order valence-electron chi connectivity index (χ4n) is 1.83. The van der Waals surface area contributed by atoms with Gasteiger partial charge >= 0.3 is 0 Å². The molecular formula is C14H18N4OS2. The first-order valence-electron chi connectivity index (χ1n) is 6.50. The van der Waals surface area contributed by atoms with Gasteiger partial charge < -0.3 is 0 Å². The molecule has 112 valence electrons. The van der Waals surface area contributed by atoms with Crippen molar-refractivity contribution in [2.75, 3.05) is 18.6 Å². The number of rotatable bonds is 6. The van der Waals surface area contributed by atoms with Crippen LogP contribution in [0.1, 0.15) is 12.5 Å². The zero-order chi connectivity index (χ0) is 15.2. The summed E-state index contributed by atoms with van der Waals surface area (Å²) in [5.41, 5.74) is 2.79. The number of carbonyl (C=O) groups excluding carboxylic acids is 1. The Hall–Kier alpha value is -1.44.